The molecule has 1 amide bonds. The number of pyridine rings is 1. The smallest absolute Gasteiger partial charge is 0.248 e. The van der Waals surface area contributed by atoms with E-state index in [1.807, 2.05) is 6.07 Å². The van der Waals surface area contributed by atoms with E-state index in [1.54, 1.807) is 34.0 Å². The van der Waals surface area contributed by atoms with Gasteiger partial charge in [0.15, 0.2) is 14.9 Å². The standard InChI is InChI=1S/C21H21ClN6O4S/c1-33(31,32)21-15-4-6-23-9-18(15)27(25-21)11-19-24-16-8-13(22)2-3-17(16)28(19)14-5-7-26(10-14)20(30)12-29/h2-4,6,8-9,14,29H,5,7,10-12H2,1H3. The van der Waals surface area contributed by atoms with Crippen molar-refractivity contribution in [2.75, 3.05) is 26.0 Å². The second kappa shape index (κ2) is 8.08. The van der Waals surface area contributed by atoms with Gasteiger partial charge in [0.05, 0.1) is 35.3 Å². The number of nitrogens with zero attached hydrogens (tertiary/aromatic N) is 6. The Kier molecular flexibility index (Phi) is 5.34. The Labute approximate surface area is 194 Å². The van der Waals surface area contributed by atoms with Gasteiger partial charge in [0.25, 0.3) is 0 Å². The lowest BCUT2D eigenvalue weighted by atomic mass is 10.2. The fourth-order valence-electron chi connectivity index (χ4n) is 4.44. The molecule has 1 aliphatic heterocycles. The number of amides is 1. The Morgan fingerprint density at radius 2 is 2.09 bits per heavy atom. The molecule has 1 aliphatic rings. The molecule has 1 unspecified atom stereocenters. The van der Waals surface area contributed by atoms with Crippen LogP contribution in [0.2, 0.25) is 5.02 Å². The monoisotopic (exact) mass is 488 g/mol. The molecule has 0 spiro atoms. The molecule has 4 heterocycles. The zero-order chi connectivity index (χ0) is 23.3. The minimum Gasteiger partial charge on any atom is -0.387 e. The summed E-state index contributed by atoms with van der Waals surface area (Å²) in [6.45, 7) is 0.648. The number of halogens is 1. The van der Waals surface area contributed by atoms with Crippen LogP contribution in [-0.2, 0) is 21.2 Å². The predicted molar refractivity (Wildman–Crippen MR) is 122 cm³/mol. The van der Waals surface area contributed by atoms with E-state index >= 15 is 0 Å². The Hall–Kier alpha value is -3.02. The van der Waals surface area contributed by atoms with E-state index in [0.29, 0.717) is 46.8 Å². The summed E-state index contributed by atoms with van der Waals surface area (Å²) in [5.74, 6) is 0.345. The highest BCUT2D eigenvalue weighted by molar-refractivity contribution is 7.90. The second-order valence-electron chi connectivity index (χ2n) is 8.10. The quantitative estimate of drug-likeness (QED) is 0.453. The van der Waals surface area contributed by atoms with Crippen molar-refractivity contribution in [1.82, 2.24) is 29.2 Å². The number of carbonyl (C=O) groups excluding carboxylic acids is 1. The highest BCUT2D eigenvalue weighted by Gasteiger charge is 2.30. The third-order valence-electron chi connectivity index (χ3n) is 5.90. The number of aromatic nitrogens is 5. The fraction of sp³-hybridized carbons (Fsp3) is 0.333. The van der Waals surface area contributed by atoms with Gasteiger partial charge < -0.3 is 14.6 Å². The van der Waals surface area contributed by atoms with Gasteiger partial charge in [-0.1, -0.05) is 11.6 Å². The zero-order valence-corrected chi connectivity index (χ0v) is 19.3. The Balaban J connectivity index is 1.63. The highest BCUT2D eigenvalue weighted by atomic mass is 35.5. The van der Waals surface area contributed by atoms with Gasteiger partial charge in [-0.3, -0.25) is 14.5 Å². The van der Waals surface area contributed by atoms with Crippen molar-refractivity contribution in [3.8, 4) is 0 Å². The molecule has 0 aliphatic carbocycles. The minimum absolute atomic E-state index is 0.00816. The molecule has 172 valence electrons. The van der Waals surface area contributed by atoms with Crippen LogP contribution in [0, 0.1) is 0 Å². The molecule has 5 rings (SSSR count). The largest absolute Gasteiger partial charge is 0.387 e. The van der Waals surface area contributed by atoms with Gasteiger partial charge in [-0.2, -0.15) is 5.10 Å². The van der Waals surface area contributed by atoms with Crippen molar-refractivity contribution >= 4 is 49.3 Å². The van der Waals surface area contributed by atoms with Gasteiger partial charge in [0.1, 0.15) is 12.4 Å². The molecule has 1 fully saturated rings. The number of hydrogen-bond donors (Lipinski definition) is 1. The number of rotatable bonds is 5. The second-order valence-corrected chi connectivity index (χ2v) is 10.5. The van der Waals surface area contributed by atoms with E-state index in [1.165, 1.54) is 6.20 Å². The van der Waals surface area contributed by atoms with Crippen LogP contribution in [0.4, 0.5) is 0 Å². The van der Waals surface area contributed by atoms with Crippen molar-refractivity contribution in [3.63, 3.8) is 0 Å². The van der Waals surface area contributed by atoms with E-state index in [-0.39, 0.29) is 23.5 Å². The number of hydrogen-bond acceptors (Lipinski definition) is 7. The summed E-state index contributed by atoms with van der Waals surface area (Å²) < 4.78 is 28.3. The average molecular weight is 489 g/mol. The molecule has 1 N–H and O–H groups in total. The molecular formula is C21H21ClN6O4S. The summed E-state index contributed by atoms with van der Waals surface area (Å²) >= 11 is 6.19. The van der Waals surface area contributed by atoms with E-state index in [2.05, 4.69) is 14.6 Å². The topological polar surface area (TPSA) is 123 Å². The summed E-state index contributed by atoms with van der Waals surface area (Å²) in [6.07, 6.45) is 4.94. The lowest BCUT2D eigenvalue weighted by Crippen LogP contribution is -2.31. The van der Waals surface area contributed by atoms with Crippen molar-refractivity contribution < 1.29 is 18.3 Å². The van der Waals surface area contributed by atoms with Gasteiger partial charge in [-0.25, -0.2) is 13.4 Å². The first kappa shape index (κ1) is 21.8. The summed E-state index contributed by atoms with van der Waals surface area (Å²) in [5, 5.41) is 14.7. The van der Waals surface area contributed by atoms with Gasteiger partial charge in [0.2, 0.25) is 5.91 Å². The predicted octanol–water partition coefficient (Wildman–Crippen LogP) is 1.65. The van der Waals surface area contributed by atoms with Gasteiger partial charge in [-0.15, -0.1) is 0 Å². The van der Waals surface area contributed by atoms with E-state index in [4.69, 9.17) is 16.6 Å². The maximum absolute atomic E-state index is 12.3. The number of aliphatic hydroxyl groups is 1. The first-order valence-electron chi connectivity index (χ1n) is 10.3. The van der Waals surface area contributed by atoms with Gasteiger partial charge in [-0.05, 0) is 30.7 Å². The molecular weight excluding hydrogens is 468 g/mol. The van der Waals surface area contributed by atoms with Crippen LogP contribution in [-0.4, -0.2) is 74.6 Å². The van der Waals surface area contributed by atoms with Crippen LogP contribution in [0.3, 0.4) is 0 Å². The van der Waals surface area contributed by atoms with Crippen molar-refractivity contribution in [2.45, 2.75) is 24.0 Å². The number of imidazole rings is 1. The summed E-state index contributed by atoms with van der Waals surface area (Å²) in [4.78, 5) is 22.6. The molecule has 1 aromatic carbocycles. The minimum atomic E-state index is -3.55. The lowest BCUT2D eigenvalue weighted by Gasteiger charge is -2.18. The zero-order valence-electron chi connectivity index (χ0n) is 17.7. The number of benzene rings is 1. The van der Waals surface area contributed by atoms with Crippen molar-refractivity contribution in [3.05, 3.63) is 47.5 Å². The number of fused-ring (bicyclic) bond motifs is 2. The molecule has 10 nitrogen and oxygen atoms in total. The molecule has 12 heteroatoms. The van der Waals surface area contributed by atoms with Crippen LogP contribution in [0.15, 0.2) is 41.7 Å². The van der Waals surface area contributed by atoms with E-state index < -0.39 is 16.4 Å². The first-order valence-corrected chi connectivity index (χ1v) is 12.6. The number of carbonyl (C=O) groups is 1. The summed E-state index contributed by atoms with van der Waals surface area (Å²) in [5.41, 5.74) is 2.14. The molecule has 3 aromatic heterocycles. The van der Waals surface area contributed by atoms with E-state index in [9.17, 15) is 18.3 Å². The average Bonchev–Trinajstić information content (AvgIpc) is 3.48. The molecule has 0 saturated carbocycles. The Morgan fingerprint density at radius 1 is 1.27 bits per heavy atom. The lowest BCUT2D eigenvalue weighted by molar-refractivity contribution is -0.133. The summed E-state index contributed by atoms with van der Waals surface area (Å²) in [6, 6.07) is 7.01. The fourth-order valence-corrected chi connectivity index (χ4v) is 5.42. The maximum Gasteiger partial charge on any atom is 0.248 e. The Morgan fingerprint density at radius 3 is 2.85 bits per heavy atom. The van der Waals surface area contributed by atoms with Gasteiger partial charge >= 0.3 is 0 Å². The molecule has 4 aromatic rings. The Bertz CT molecular complexity index is 1500. The van der Waals surface area contributed by atoms with Crippen molar-refractivity contribution in [2.24, 2.45) is 0 Å². The highest BCUT2D eigenvalue weighted by Crippen LogP contribution is 2.31. The molecule has 0 radical (unpaired) electrons. The normalized spacial score (nSPS) is 16.8. The molecule has 33 heavy (non-hydrogen) atoms. The van der Waals surface area contributed by atoms with Crippen LogP contribution in [0.5, 0.6) is 0 Å². The molecule has 1 saturated heterocycles. The summed E-state index contributed by atoms with van der Waals surface area (Å²) in [7, 11) is -3.55. The maximum atomic E-state index is 12.3. The molecule has 1 atom stereocenters. The number of sulfone groups is 1. The number of likely N-dealkylation sites (tertiary alicyclic amines) is 1. The molecule has 0 bridgehead atoms. The van der Waals surface area contributed by atoms with Gasteiger partial charge in [0, 0.05) is 36.0 Å². The van der Waals surface area contributed by atoms with Crippen LogP contribution in [0.1, 0.15) is 18.3 Å². The van der Waals surface area contributed by atoms with Crippen molar-refractivity contribution in [1.29, 1.82) is 0 Å². The SMILES string of the molecule is CS(=O)(=O)c1nn(Cc2nc3cc(Cl)ccc3n2C2CCN(C(=O)CO)C2)c2cnccc12. The van der Waals surface area contributed by atoms with Crippen LogP contribution < -0.4 is 0 Å². The van der Waals surface area contributed by atoms with Crippen LogP contribution in [0.25, 0.3) is 21.9 Å². The van der Waals surface area contributed by atoms with E-state index in [0.717, 1.165) is 11.8 Å². The third kappa shape index (κ3) is 3.85. The first-order chi connectivity index (χ1) is 15.8. The number of aliphatic hydroxyl groups excluding tert-OH is 1. The van der Waals surface area contributed by atoms with Crippen LogP contribution >= 0.6 is 11.6 Å². The third-order valence-corrected chi connectivity index (χ3v) is 7.14.